The van der Waals surface area contributed by atoms with Gasteiger partial charge in [-0.25, -0.2) is 8.42 Å². The maximum Gasteiger partial charge on any atom is 0.206 e. The molecule has 1 aromatic heterocycles. The molecule has 0 aliphatic carbocycles. The number of allylic oxidation sites excluding steroid dienone is 1. The van der Waals surface area contributed by atoms with Gasteiger partial charge in [0, 0.05) is 6.20 Å². The Balaban J connectivity index is 2.49. The van der Waals surface area contributed by atoms with Crippen LogP contribution < -0.4 is 0 Å². The Morgan fingerprint density at radius 1 is 1.05 bits per heavy atom. The van der Waals surface area contributed by atoms with E-state index in [-0.39, 0.29) is 9.80 Å². The molecule has 19 heavy (non-hydrogen) atoms. The van der Waals surface area contributed by atoms with Crippen LogP contribution in [0.5, 0.6) is 0 Å². The molecule has 3 nitrogen and oxygen atoms in total. The van der Waals surface area contributed by atoms with Gasteiger partial charge in [0.05, 0.1) is 15.5 Å². The Labute approximate surface area is 112 Å². The zero-order chi connectivity index (χ0) is 13.7. The summed E-state index contributed by atoms with van der Waals surface area (Å²) in [5, 5.41) is 0. The van der Waals surface area contributed by atoms with Gasteiger partial charge >= 0.3 is 0 Å². The van der Waals surface area contributed by atoms with E-state index in [0.29, 0.717) is 5.69 Å². The van der Waals surface area contributed by atoms with Crippen molar-refractivity contribution < 1.29 is 8.42 Å². The van der Waals surface area contributed by atoms with Crippen LogP contribution in [0.15, 0.2) is 77.2 Å². The number of nitrogens with zero attached hydrogens (tertiary/aromatic N) is 1. The predicted molar refractivity (Wildman–Crippen MR) is 76.0 cm³/mol. The number of hydrogen-bond donors (Lipinski definition) is 0. The van der Waals surface area contributed by atoms with E-state index < -0.39 is 9.84 Å². The minimum atomic E-state index is -3.55. The molecule has 2 rings (SSSR count). The van der Waals surface area contributed by atoms with Crippen molar-refractivity contribution >= 4 is 15.9 Å². The van der Waals surface area contributed by atoms with Gasteiger partial charge in [-0.3, -0.25) is 4.98 Å². The van der Waals surface area contributed by atoms with Gasteiger partial charge < -0.3 is 0 Å². The highest BCUT2D eigenvalue weighted by Crippen LogP contribution is 2.21. The Morgan fingerprint density at radius 2 is 1.74 bits per heavy atom. The van der Waals surface area contributed by atoms with Crippen LogP contribution in [0.4, 0.5) is 0 Å². The molecule has 0 saturated carbocycles. The van der Waals surface area contributed by atoms with Crippen LogP contribution in [0.2, 0.25) is 0 Å². The minimum absolute atomic E-state index is 0.136. The van der Waals surface area contributed by atoms with Gasteiger partial charge in [0.1, 0.15) is 0 Å². The van der Waals surface area contributed by atoms with Crippen LogP contribution in [-0.4, -0.2) is 13.4 Å². The third kappa shape index (κ3) is 2.98. The summed E-state index contributed by atoms with van der Waals surface area (Å²) in [6.07, 6.45) is 4.45. The number of aromatic nitrogens is 1. The fraction of sp³-hybridized carbons (Fsp3) is 0. The lowest BCUT2D eigenvalue weighted by molar-refractivity contribution is 0.603. The van der Waals surface area contributed by atoms with Crippen molar-refractivity contribution in [3.63, 3.8) is 0 Å². The normalized spacial score (nSPS) is 12.1. The highest BCUT2D eigenvalue weighted by atomic mass is 32.2. The van der Waals surface area contributed by atoms with E-state index in [0.717, 1.165) is 0 Å². The van der Waals surface area contributed by atoms with Gasteiger partial charge in [0.25, 0.3) is 0 Å². The van der Waals surface area contributed by atoms with Crippen LogP contribution in [-0.2, 0) is 9.84 Å². The molecule has 0 fully saturated rings. The summed E-state index contributed by atoms with van der Waals surface area (Å²) in [6.45, 7) is 3.57. The van der Waals surface area contributed by atoms with Crippen LogP contribution >= 0.6 is 0 Å². The van der Waals surface area contributed by atoms with Gasteiger partial charge in [-0.15, -0.1) is 0 Å². The van der Waals surface area contributed by atoms with Gasteiger partial charge in [0.2, 0.25) is 9.84 Å². The fourth-order valence-corrected chi connectivity index (χ4v) is 2.87. The zero-order valence-electron chi connectivity index (χ0n) is 10.2. The second kappa shape index (κ2) is 5.63. The Bertz CT molecular complexity index is 689. The lowest BCUT2D eigenvalue weighted by Gasteiger charge is -2.05. The summed E-state index contributed by atoms with van der Waals surface area (Å²) in [5.74, 6) is 0. The van der Waals surface area contributed by atoms with Crippen LogP contribution in [0.25, 0.3) is 6.08 Å². The molecule has 2 aromatic rings. The van der Waals surface area contributed by atoms with Crippen LogP contribution in [0.1, 0.15) is 5.69 Å². The van der Waals surface area contributed by atoms with E-state index in [9.17, 15) is 8.42 Å². The van der Waals surface area contributed by atoms with Crippen molar-refractivity contribution in [2.75, 3.05) is 0 Å². The van der Waals surface area contributed by atoms with Crippen LogP contribution in [0, 0.1) is 0 Å². The molecule has 1 heterocycles. The topological polar surface area (TPSA) is 47.0 Å². The van der Waals surface area contributed by atoms with Gasteiger partial charge in [-0.2, -0.15) is 0 Å². The minimum Gasteiger partial charge on any atom is -0.257 e. The molecular formula is C15H13NO2S. The summed E-state index contributed by atoms with van der Waals surface area (Å²) in [7, 11) is -3.55. The summed E-state index contributed by atoms with van der Waals surface area (Å²) in [4.78, 5) is 4.47. The second-order valence-electron chi connectivity index (χ2n) is 3.82. The van der Waals surface area contributed by atoms with Crippen molar-refractivity contribution in [1.29, 1.82) is 0 Å². The first kappa shape index (κ1) is 13.2. The summed E-state index contributed by atoms with van der Waals surface area (Å²) in [5.41, 5.74) is 0.580. The van der Waals surface area contributed by atoms with Gasteiger partial charge in [-0.1, -0.05) is 36.9 Å². The van der Waals surface area contributed by atoms with E-state index in [2.05, 4.69) is 11.6 Å². The lowest BCUT2D eigenvalue weighted by Crippen LogP contribution is -2.03. The van der Waals surface area contributed by atoms with E-state index >= 15 is 0 Å². The highest BCUT2D eigenvalue weighted by Gasteiger charge is 2.17. The first-order valence-corrected chi connectivity index (χ1v) is 7.18. The number of sulfone groups is 1. The molecule has 1 aromatic carbocycles. The number of rotatable bonds is 4. The van der Waals surface area contributed by atoms with E-state index in [4.69, 9.17) is 0 Å². The fourth-order valence-electron chi connectivity index (χ4n) is 1.59. The third-order valence-corrected chi connectivity index (χ3v) is 4.34. The molecule has 96 valence electrons. The van der Waals surface area contributed by atoms with Crippen LogP contribution in [0.3, 0.4) is 0 Å². The molecular weight excluding hydrogens is 258 g/mol. The second-order valence-corrected chi connectivity index (χ2v) is 5.77. The molecule has 0 radical (unpaired) electrons. The smallest absolute Gasteiger partial charge is 0.206 e. The molecule has 0 aliphatic rings. The summed E-state index contributed by atoms with van der Waals surface area (Å²) < 4.78 is 24.8. The van der Waals surface area contributed by atoms with Crippen molar-refractivity contribution in [3.05, 3.63) is 78.0 Å². The largest absolute Gasteiger partial charge is 0.257 e. The van der Waals surface area contributed by atoms with Crippen molar-refractivity contribution in [3.8, 4) is 0 Å². The standard InChI is InChI=1S/C15H13NO2S/c1-2-14(12-13-8-6-7-11-16-13)19(17,18)15-9-4-3-5-10-15/h2-12H,1H2/b14-12-. The molecule has 0 saturated heterocycles. The summed E-state index contributed by atoms with van der Waals surface area (Å²) >= 11 is 0. The monoisotopic (exact) mass is 271 g/mol. The SMILES string of the molecule is C=C/C(=C/c1ccccn1)S(=O)(=O)c1ccccc1. The maximum absolute atomic E-state index is 12.4. The van der Waals surface area contributed by atoms with Gasteiger partial charge in [-0.05, 0) is 30.3 Å². The third-order valence-electron chi connectivity index (χ3n) is 2.54. The number of hydrogen-bond acceptors (Lipinski definition) is 3. The molecule has 0 atom stereocenters. The summed E-state index contributed by atoms with van der Waals surface area (Å²) in [6, 6.07) is 13.6. The average molecular weight is 271 g/mol. The van der Waals surface area contributed by atoms with E-state index in [1.54, 1.807) is 54.7 Å². The predicted octanol–water partition coefficient (Wildman–Crippen LogP) is 3.08. The molecule has 0 spiro atoms. The number of benzene rings is 1. The zero-order valence-corrected chi connectivity index (χ0v) is 11.0. The molecule has 0 bridgehead atoms. The van der Waals surface area contributed by atoms with Gasteiger partial charge in [0.15, 0.2) is 0 Å². The van der Waals surface area contributed by atoms with E-state index in [1.807, 2.05) is 0 Å². The lowest BCUT2D eigenvalue weighted by atomic mass is 10.3. The molecule has 0 unspecified atom stereocenters. The Hall–Kier alpha value is -2.20. The highest BCUT2D eigenvalue weighted by molar-refractivity contribution is 7.95. The average Bonchev–Trinajstić information content (AvgIpc) is 2.46. The molecule has 0 amide bonds. The molecule has 0 N–H and O–H groups in total. The van der Waals surface area contributed by atoms with Crippen molar-refractivity contribution in [1.82, 2.24) is 4.98 Å². The van der Waals surface area contributed by atoms with Crippen molar-refractivity contribution in [2.24, 2.45) is 0 Å². The molecule has 0 aliphatic heterocycles. The van der Waals surface area contributed by atoms with Crippen molar-refractivity contribution in [2.45, 2.75) is 4.90 Å². The Kier molecular flexibility index (Phi) is 3.92. The first-order chi connectivity index (χ1) is 9.14. The van der Waals surface area contributed by atoms with E-state index in [1.165, 1.54) is 12.2 Å². The maximum atomic E-state index is 12.4. The Morgan fingerprint density at radius 3 is 2.32 bits per heavy atom. The quantitative estimate of drug-likeness (QED) is 0.803. The number of pyridine rings is 1. The first-order valence-electron chi connectivity index (χ1n) is 5.70. The molecule has 4 heteroatoms.